The highest BCUT2D eigenvalue weighted by Crippen LogP contribution is 2.50. The summed E-state index contributed by atoms with van der Waals surface area (Å²) in [5, 5.41) is 19.5. The second-order valence-corrected chi connectivity index (χ2v) is 11.9. The fraction of sp³-hybridized carbons (Fsp3) is 0.350. The minimum absolute atomic E-state index is 0.0170. The standard InChI is InChI=1S/C26H36N2O4.C14H10O4/c1-6-27(7-2)13-15-31-19-17-21-25(23(18-19)30-5)24-20(26(21)29)11-10-12-22(24)32-16-14-28(8-3)9-4;1-18-11-6-7(15)5-9-13(11)12-8(14(9)17)3-2-4-10(12)16/h10-12,17-18H,6-9,13-16H2,1-5H3;2-6,15-16H,1H3. The van der Waals surface area contributed by atoms with Crippen LogP contribution in [0.4, 0.5) is 0 Å². The van der Waals surface area contributed by atoms with Crippen molar-refractivity contribution in [2.24, 2.45) is 0 Å². The van der Waals surface area contributed by atoms with Gasteiger partial charge in [-0.1, -0.05) is 52.0 Å². The van der Waals surface area contributed by atoms with E-state index in [0.29, 0.717) is 63.8 Å². The molecular formula is C40H46N2O8. The van der Waals surface area contributed by atoms with Crippen molar-refractivity contribution < 1.29 is 38.7 Å². The Morgan fingerprint density at radius 3 is 1.66 bits per heavy atom. The number of phenolic OH excluding ortho intramolecular Hbond substituents is 2. The van der Waals surface area contributed by atoms with Crippen LogP contribution >= 0.6 is 0 Å². The summed E-state index contributed by atoms with van der Waals surface area (Å²) in [4.78, 5) is 30.0. The average Bonchev–Trinajstić information content (AvgIpc) is 3.59. The first kappa shape index (κ1) is 36.2. The molecule has 2 aliphatic rings. The van der Waals surface area contributed by atoms with E-state index in [1.165, 1.54) is 25.3 Å². The van der Waals surface area contributed by atoms with E-state index in [1.54, 1.807) is 19.2 Å². The molecule has 0 bridgehead atoms. The van der Waals surface area contributed by atoms with Crippen molar-refractivity contribution in [3.05, 3.63) is 82.9 Å². The number of phenols is 2. The Morgan fingerprint density at radius 2 is 1.06 bits per heavy atom. The Kier molecular flexibility index (Phi) is 11.7. The van der Waals surface area contributed by atoms with Gasteiger partial charge in [0.1, 0.15) is 47.7 Å². The number of methoxy groups -OCH3 is 2. The second kappa shape index (κ2) is 16.1. The molecule has 0 atom stereocenters. The van der Waals surface area contributed by atoms with Crippen molar-refractivity contribution in [1.29, 1.82) is 0 Å². The molecule has 0 aromatic heterocycles. The van der Waals surface area contributed by atoms with E-state index in [1.807, 2.05) is 30.3 Å². The maximum Gasteiger partial charge on any atom is 0.194 e. The molecule has 4 aromatic rings. The van der Waals surface area contributed by atoms with Gasteiger partial charge in [0.05, 0.1) is 14.2 Å². The predicted octanol–water partition coefficient (Wildman–Crippen LogP) is 6.67. The summed E-state index contributed by atoms with van der Waals surface area (Å²) in [5.41, 5.74) is 4.65. The molecule has 264 valence electrons. The van der Waals surface area contributed by atoms with E-state index >= 15 is 0 Å². The molecule has 0 spiro atoms. The lowest BCUT2D eigenvalue weighted by molar-refractivity contribution is 0.103. The summed E-state index contributed by atoms with van der Waals surface area (Å²) in [7, 11) is 3.08. The fourth-order valence-corrected chi connectivity index (χ4v) is 6.51. The van der Waals surface area contributed by atoms with Crippen molar-refractivity contribution in [1.82, 2.24) is 9.80 Å². The Balaban J connectivity index is 0.000000226. The first-order valence-electron chi connectivity index (χ1n) is 17.1. The Bertz CT molecular complexity index is 1860. The number of fused-ring (bicyclic) bond motifs is 6. The van der Waals surface area contributed by atoms with E-state index in [4.69, 9.17) is 18.9 Å². The molecule has 0 unspecified atom stereocenters. The van der Waals surface area contributed by atoms with Gasteiger partial charge in [0, 0.05) is 69.7 Å². The average molecular weight is 683 g/mol. The van der Waals surface area contributed by atoms with Crippen LogP contribution in [-0.2, 0) is 0 Å². The number of likely N-dealkylation sites (N-methyl/N-ethyl adjacent to an activating group) is 2. The molecule has 0 heterocycles. The number of hydrogen-bond acceptors (Lipinski definition) is 10. The van der Waals surface area contributed by atoms with E-state index < -0.39 is 0 Å². The summed E-state index contributed by atoms with van der Waals surface area (Å²) >= 11 is 0. The third kappa shape index (κ3) is 7.13. The summed E-state index contributed by atoms with van der Waals surface area (Å²) in [5.74, 6) is 2.13. The number of nitrogens with zero attached hydrogens (tertiary/aromatic N) is 2. The van der Waals surface area contributed by atoms with E-state index in [9.17, 15) is 19.8 Å². The molecule has 50 heavy (non-hydrogen) atoms. The van der Waals surface area contributed by atoms with Crippen LogP contribution in [0.25, 0.3) is 22.3 Å². The largest absolute Gasteiger partial charge is 0.508 e. The van der Waals surface area contributed by atoms with Gasteiger partial charge in [0.2, 0.25) is 0 Å². The zero-order chi connectivity index (χ0) is 35.9. The molecule has 0 saturated heterocycles. The topological polar surface area (TPSA) is 118 Å². The minimum atomic E-state index is -0.217. The number of rotatable bonds is 14. The Labute approximate surface area is 293 Å². The van der Waals surface area contributed by atoms with Crippen LogP contribution in [0.5, 0.6) is 34.5 Å². The molecule has 2 N–H and O–H groups in total. The molecular weight excluding hydrogens is 636 g/mol. The van der Waals surface area contributed by atoms with Crippen LogP contribution in [0.2, 0.25) is 0 Å². The lowest BCUT2D eigenvalue weighted by atomic mass is 10.0. The van der Waals surface area contributed by atoms with Crippen molar-refractivity contribution >= 4 is 11.6 Å². The van der Waals surface area contributed by atoms with Crippen LogP contribution in [0.15, 0.2) is 60.7 Å². The van der Waals surface area contributed by atoms with E-state index in [0.717, 1.165) is 56.1 Å². The number of carbonyl (C=O) groups excluding carboxylic acids is 2. The van der Waals surface area contributed by atoms with Crippen LogP contribution in [0.3, 0.4) is 0 Å². The van der Waals surface area contributed by atoms with Crippen molar-refractivity contribution in [2.45, 2.75) is 27.7 Å². The minimum Gasteiger partial charge on any atom is -0.508 e. The highest BCUT2D eigenvalue weighted by molar-refractivity contribution is 6.24. The Morgan fingerprint density at radius 1 is 0.560 bits per heavy atom. The third-order valence-corrected chi connectivity index (χ3v) is 9.28. The summed E-state index contributed by atoms with van der Waals surface area (Å²) in [6.07, 6.45) is 0. The number of carbonyl (C=O) groups is 2. The highest BCUT2D eigenvalue weighted by Gasteiger charge is 2.34. The molecule has 0 saturated carbocycles. The molecule has 6 rings (SSSR count). The van der Waals surface area contributed by atoms with Crippen molar-refractivity contribution in [2.75, 3.05) is 66.7 Å². The molecule has 0 amide bonds. The van der Waals surface area contributed by atoms with Gasteiger partial charge < -0.3 is 39.0 Å². The quantitative estimate of drug-likeness (QED) is 0.129. The van der Waals surface area contributed by atoms with Gasteiger partial charge in [-0.15, -0.1) is 0 Å². The number of benzene rings is 4. The Hall–Kier alpha value is -5.06. The van der Waals surface area contributed by atoms with Gasteiger partial charge in [-0.2, -0.15) is 0 Å². The lowest BCUT2D eigenvalue weighted by Crippen LogP contribution is -2.28. The second-order valence-electron chi connectivity index (χ2n) is 11.9. The summed E-state index contributed by atoms with van der Waals surface area (Å²) < 4.78 is 23.0. The molecule has 0 radical (unpaired) electrons. The van der Waals surface area contributed by atoms with Crippen LogP contribution in [0.1, 0.15) is 59.5 Å². The molecule has 2 aliphatic carbocycles. The lowest BCUT2D eigenvalue weighted by Gasteiger charge is -2.19. The molecule has 10 nitrogen and oxygen atoms in total. The normalized spacial score (nSPS) is 12.2. The van der Waals surface area contributed by atoms with Gasteiger partial charge in [0.15, 0.2) is 11.6 Å². The zero-order valence-corrected chi connectivity index (χ0v) is 29.7. The van der Waals surface area contributed by atoms with Gasteiger partial charge in [-0.3, -0.25) is 9.59 Å². The van der Waals surface area contributed by atoms with Crippen LogP contribution < -0.4 is 18.9 Å². The maximum atomic E-state index is 13.2. The van der Waals surface area contributed by atoms with Gasteiger partial charge in [0.25, 0.3) is 0 Å². The van der Waals surface area contributed by atoms with Gasteiger partial charge in [-0.25, -0.2) is 0 Å². The maximum absolute atomic E-state index is 13.2. The number of aromatic hydroxyl groups is 2. The highest BCUT2D eigenvalue weighted by atomic mass is 16.5. The van der Waals surface area contributed by atoms with Crippen LogP contribution in [0, 0.1) is 0 Å². The number of hydrogen-bond donors (Lipinski definition) is 2. The first-order chi connectivity index (χ1) is 24.2. The van der Waals surface area contributed by atoms with Crippen molar-refractivity contribution in [3.8, 4) is 56.8 Å². The van der Waals surface area contributed by atoms with Crippen molar-refractivity contribution in [3.63, 3.8) is 0 Å². The summed E-state index contributed by atoms with van der Waals surface area (Å²) in [6.45, 7) is 15.3. The summed E-state index contributed by atoms with van der Waals surface area (Å²) in [6, 6.07) is 17.0. The number of ether oxygens (including phenoxy) is 4. The number of ketones is 2. The molecule has 0 fully saturated rings. The zero-order valence-electron chi connectivity index (χ0n) is 29.7. The molecule has 0 aliphatic heterocycles. The SMILES string of the molecule is CCN(CC)CCOc1cc(OC)c2c(c1)C(=O)c1cccc(OCCN(CC)CC)c1-2.COc1cc(O)cc2c1-c1c(O)cccc1C2=O. The first-order valence-corrected chi connectivity index (χ1v) is 17.1. The van der Waals surface area contributed by atoms with Gasteiger partial charge in [-0.05, 0) is 50.4 Å². The van der Waals surface area contributed by atoms with Crippen LogP contribution in [-0.4, -0.2) is 98.3 Å². The monoisotopic (exact) mass is 682 g/mol. The van der Waals surface area contributed by atoms with E-state index in [2.05, 4.69) is 37.5 Å². The fourth-order valence-electron chi connectivity index (χ4n) is 6.51. The van der Waals surface area contributed by atoms with E-state index in [-0.39, 0.29) is 23.1 Å². The predicted molar refractivity (Wildman–Crippen MR) is 194 cm³/mol. The molecule has 4 aromatic carbocycles. The smallest absolute Gasteiger partial charge is 0.194 e. The molecule has 10 heteroatoms. The van der Waals surface area contributed by atoms with Gasteiger partial charge >= 0.3 is 0 Å². The third-order valence-electron chi connectivity index (χ3n) is 9.28.